The molecule has 0 saturated heterocycles. The molecular weight excluding hydrogens is 228 g/mol. The lowest BCUT2D eigenvalue weighted by Gasteiger charge is -2.18. The van der Waals surface area contributed by atoms with E-state index in [1.54, 1.807) is 11.3 Å². The van der Waals surface area contributed by atoms with Crippen LogP contribution in [0.15, 0.2) is 42.0 Å². The van der Waals surface area contributed by atoms with E-state index in [1.165, 1.54) is 10.4 Å². The van der Waals surface area contributed by atoms with Gasteiger partial charge in [-0.15, -0.1) is 11.3 Å². The van der Waals surface area contributed by atoms with Crippen molar-refractivity contribution in [3.05, 3.63) is 52.5 Å². The van der Waals surface area contributed by atoms with Crippen LogP contribution < -0.4 is 5.32 Å². The lowest BCUT2D eigenvalue weighted by molar-refractivity contribution is 0.481. The molecule has 0 aliphatic carbocycles. The SMILES string of the molecule is CC(Cc1ccccc1)NC(C)c1cncs1. The number of hydrogen-bond donors (Lipinski definition) is 1. The fraction of sp³-hybridized carbons (Fsp3) is 0.357. The fourth-order valence-corrected chi connectivity index (χ4v) is 2.61. The van der Waals surface area contributed by atoms with Crippen molar-refractivity contribution < 1.29 is 0 Å². The minimum absolute atomic E-state index is 0.376. The van der Waals surface area contributed by atoms with Gasteiger partial charge in [0.25, 0.3) is 0 Å². The molecule has 1 aromatic carbocycles. The van der Waals surface area contributed by atoms with Crippen LogP contribution >= 0.6 is 11.3 Å². The highest BCUT2D eigenvalue weighted by Crippen LogP contribution is 2.17. The second kappa shape index (κ2) is 5.94. The van der Waals surface area contributed by atoms with Crippen molar-refractivity contribution >= 4 is 11.3 Å². The van der Waals surface area contributed by atoms with Crippen molar-refractivity contribution in [1.82, 2.24) is 10.3 Å². The average molecular weight is 246 g/mol. The third-order valence-electron chi connectivity index (χ3n) is 2.80. The summed E-state index contributed by atoms with van der Waals surface area (Å²) in [4.78, 5) is 5.41. The lowest BCUT2D eigenvalue weighted by Crippen LogP contribution is -2.30. The van der Waals surface area contributed by atoms with Gasteiger partial charge in [-0.3, -0.25) is 4.98 Å². The van der Waals surface area contributed by atoms with Crippen LogP contribution in [0.5, 0.6) is 0 Å². The summed E-state index contributed by atoms with van der Waals surface area (Å²) in [6.45, 7) is 4.42. The van der Waals surface area contributed by atoms with E-state index < -0.39 is 0 Å². The summed E-state index contributed by atoms with van der Waals surface area (Å²) in [6.07, 6.45) is 3.00. The van der Waals surface area contributed by atoms with Gasteiger partial charge in [-0.1, -0.05) is 30.3 Å². The molecule has 17 heavy (non-hydrogen) atoms. The molecule has 1 N–H and O–H groups in total. The molecule has 2 nitrogen and oxygen atoms in total. The van der Waals surface area contributed by atoms with Gasteiger partial charge < -0.3 is 5.32 Å². The minimum Gasteiger partial charge on any atom is -0.307 e. The number of rotatable bonds is 5. The van der Waals surface area contributed by atoms with Crippen molar-refractivity contribution in [3.8, 4) is 0 Å². The second-order valence-corrected chi connectivity index (χ2v) is 5.30. The summed E-state index contributed by atoms with van der Waals surface area (Å²) in [5.41, 5.74) is 3.26. The molecule has 2 rings (SSSR count). The maximum atomic E-state index is 4.11. The first-order valence-corrected chi connectivity index (χ1v) is 6.82. The van der Waals surface area contributed by atoms with Gasteiger partial charge >= 0.3 is 0 Å². The number of nitrogens with zero attached hydrogens (tertiary/aromatic N) is 1. The third kappa shape index (κ3) is 3.65. The minimum atomic E-state index is 0.376. The third-order valence-corrected chi connectivity index (χ3v) is 3.76. The normalized spacial score (nSPS) is 14.5. The van der Waals surface area contributed by atoms with Crippen molar-refractivity contribution in [2.24, 2.45) is 0 Å². The quantitative estimate of drug-likeness (QED) is 0.874. The first-order valence-electron chi connectivity index (χ1n) is 5.94. The van der Waals surface area contributed by atoms with Crippen LogP contribution in [-0.4, -0.2) is 11.0 Å². The van der Waals surface area contributed by atoms with E-state index in [4.69, 9.17) is 0 Å². The molecule has 1 aromatic heterocycles. The highest BCUT2D eigenvalue weighted by atomic mass is 32.1. The van der Waals surface area contributed by atoms with E-state index in [-0.39, 0.29) is 0 Å². The van der Waals surface area contributed by atoms with Crippen molar-refractivity contribution in [2.75, 3.05) is 0 Å². The predicted octanol–water partition coefficient (Wildman–Crippen LogP) is 3.42. The van der Waals surface area contributed by atoms with Gasteiger partial charge in [-0.05, 0) is 25.8 Å². The smallest absolute Gasteiger partial charge is 0.0794 e. The molecule has 0 spiro atoms. The van der Waals surface area contributed by atoms with Crippen molar-refractivity contribution in [1.29, 1.82) is 0 Å². The van der Waals surface area contributed by atoms with E-state index in [9.17, 15) is 0 Å². The molecule has 2 unspecified atom stereocenters. The molecule has 0 aliphatic heterocycles. The molecule has 90 valence electrons. The first kappa shape index (κ1) is 12.3. The molecule has 0 aliphatic rings. The van der Waals surface area contributed by atoms with E-state index in [0.717, 1.165) is 6.42 Å². The summed E-state index contributed by atoms with van der Waals surface area (Å²) in [5.74, 6) is 0. The Kier molecular flexibility index (Phi) is 4.29. The van der Waals surface area contributed by atoms with E-state index >= 15 is 0 Å². The highest BCUT2D eigenvalue weighted by molar-refractivity contribution is 7.09. The van der Waals surface area contributed by atoms with Crippen LogP contribution in [0.2, 0.25) is 0 Å². The zero-order chi connectivity index (χ0) is 12.1. The first-order chi connectivity index (χ1) is 8.25. The number of benzene rings is 1. The standard InChI is InChI=1S/C14H18N2S/c1-11(8-13-6-4-3-5-7-13)16-12(2)14-9-15-10-17-14/h3-7,9-12,16H,8H2,1-2H3. The molecule has 2 atom stereocenters. The largest absolute Gasteiger partial charge is 0.307 e. The number of aromatic nitrogens is 1. The molecule has 2 aromatic rings. The maximum absolute atomic E-state index is 4.11. The maximum Gasteiger partial charge on any atom is 0.0794 e. The Morgan fingerprint density at radius 2 is 2.00 bits per heavy atom. The Morgan fingerprint density at radius 1 is 1.24 bits per heavy atom. The van der Waals surface area contributed by atoms with E-state index in [0.29, 0.717) is 12.1 Å². The van der Waals surface area contributed by atoms with Crippen molar-refractivity contribution in [3.63, 3.8) is 0 Å². The Hall–Kier alpha value is -1.19. The van der Waals surface area contributed by atoms with Gasteiger partial charge in [0.15, 0.2) is 0 Å². The molecule has 0 fully saturated rings. The Morgan fingerprint density at radius 3 is 2.65 bits per heavy atom. The van der Waals surface area contributed by atoms with Gasteiger partial charge in [0.05, 0.1) is 5.51 Å². The Bertz CT molecular complexity index is 425. The van der Waals surface area contributed by atoms with Crippen LogP contribution in [0.3, 0.4) is 0 Å². The van der Waals surface area contributed by atoms with Crippen LogP contribution in [0.25, 0.3) is 0 Å². The predicted molar refractivity (Wildman–Crippen MR) is 73.3 cm³/mol. The molecule has 0 amide bonds. The topological polar surface area (TPSA) is 24.9 Å². The lowest BCUT2D eigenvalue weighted by atomic mass is 10.1. The summed E-state index contributed by atoms with van der Waals surface area (Å²) in [7, 11) is 0. The summed E-state index contributed by atoms with van der Waals surface area (Å²) >= 11 is 1.71. The number of thiazole rings is 1. The summed E-state index contributed by atoms with van der Waals surface area (Å²) < 4.78 is 0. The average Bonchev–Trinajstić information content (AvgIpc) is 2.83. The zero-order valence-corrected chi connectivity index (χ0v) is 11.1. The van der Waals surface area contributed by atoms with E-state index in [2.05, 4.69) is 54.5 Å². The highest BCUT2D eigenvalue weighted by Gasteiger charge is 2.10. The van der Waals surface area contributed by atoms with Crippen LogP contribution in [-0.2, 0) is 6.42 Å². The van der Waals surface area contributed by atoms with Gasteiger partial charge in [0.1, 0.15) is 0 Å². The molecule has 0 bridgehead atoms. The van der Waals surface area contributed by atoms with Crippen LogP contribution in [0.4, 0.5) is 0 Å². The Balaban J connectivity index is 1.87. The molecule has 0 radical (unpaired) electrons. The molecule has 0 saturated carbocycles. The fourth-order valence-electron chi connectivity index (χ4n) is 1.97. The molecule has 3 heteroatoms. The molecular formula is C14H18N2S. The number of nitrogens with one attached hydrogen (secondary N) is 1. The van der Waals surface area contributed by atoms with Crippen LogP contribution in [0.1, 0.15) is 30.3 Å². The monoisotopic (exact) mass is 246 g/mol. The van der Waals surface area contributed by atoms with Gasteiger partial charge in [-0.25, -0.2) is 0 Å². The summed E-state index contributed by atoms with van der Waals surface area (Å²) in [5, 5.41) is 3.60. The number of hydrogen-bond acceptors (Lipinski definition) is 3. The van der Waals surface area contributed by atoms with Gasteiger partial charge in [0.2, 0.25) is 0 Å². The second-order valence-electron chi connectivity index (χ2n) is 4.38. The van der Waals surface area contributed by atoms with Gasteiger partial charge in [0, 0.05) is 23.2 Å². The van der Waals surface area contributed by atoms with Gasteiger partial charge in [-0.2, -0.15) is 0 Å². The Labute approximate surface area is 107 Å². The van der Waals surface area contributed by atoms with Crippen LogP contribution in [0, 0.1) is 0 Å². The molecule has 1 heterocycles. The van der Waals surface area contributed by atoms with E-state index in [1.807, 2.05) is 11.7 Å². The summed E-state index contributed by atoms with van der Waals surface area (Å²) in [6, 6.07) is 11.4. The van der Waals surface area contributed by atoms with Crippen molar-refractivity contribution in [2.45, 2.75) is 32.4 Å². The zero-order valence-electron chi connectivity index (χ0n) is 10.3.